The average Bonchev–Trinajstić information content (AvgIpc) is 3.07. The summed E-state index contributed by atoms with van der Waals surface area (Å²) < 4.78 is 0. The second kappa shape index (κ2) is 5.53. The Bertz CT molecular complexity index is 430. The minimum atomic E-state index is 0.165. The number of carbonyl (C=O) groups is 1. The lowest BCUT2D eigenvalue weighted by atomic mass is 10.1. The number of rotatable bonds is 5. The smallest absolute Gasteiger partial charge is 0.227 e. The lowest BCUT2D eigenvalue weighted by Gasteiger charge is -2.17. The molecular weight excluding hydrogens is 224 g/mol. The first-order valence-corrected chi connectivity index (χ1v) is 6.76. The SMILES string of the molecule is CCNC(C)c1ccccc1NC(=O)C1CC1C. The average molecular weight is 246 g/mol. The van der Waals surface area contributed by atoms with Crippen LogP contribution in [0.2, 0.25) is 0 Å². The molecule has 0 aliphatic heterocycles. The molecule has 0 heterocycles. The van der Waals surface area contributed by atoms with Crippen LogP contribution in [0.4, 0.5) is 5.69 Å². The number of amides is 1. The molecule has 1 fully saturated rings. The highest BCUT2D eigenvalue weighted by Crippen LogP contribution is 2.38. The molecule has 3 heteroatoms. The number of benzene rings is 1. The summed E-state index contributed by atoms with van der Waals surface area (Å²) in [4.78, 5) is 12.0. The van der Waals surface area contributed by atoms with E-state index in [1.54, 1.807) is 0 Å². The van der Waals surface area contributed by atoms with Crippen molar-refractivity contribution < 1.29 is 4.79 Å². The molecule has 0 radical (unpaired) electrons. The van der Waals surface area contributed by atoms with Gasteiger partial charge in [0.25, 0.3) is 0 Å². The zero-order valence-corrected chi connectivity index (χ0v) is 11.4. The van der Waals surface area contributed by atoms with Crippen LogP contribution in [0.1, 0.15) is 38.8 Å². The first-order valence-electron chi connectivity index (χ1n) is 6.76. The van der Waals surface area contributed by atoms with E-state index in [4.69, 9.17) is 0 Å². The van der Waals surface area contributed by atoms with E-state index in [2.05, 4.69) is 37.5 Å². The highest BCUT2D eigenvalue weighted by Gasteiger charge is 2.39. The molecule has 98 valence electrons. The topological polar surface area (TPSA) is 41.1 Å². The Morgan fingerprint density at radius 2 is 2.11 bits per heavy atom. The van der Waals surface area contributed by atoms with Crippen LogP contribution in [0.5, 0.6) is 0 Å². The molecule has 0 saturated heterocycles. The number of anilines is 1. The second-order valence-electron chi connectivity index (χ2n) is 5.18. The molecule has 1 aromatic rings. The molecule has 2 rings (SSSR count). The maximum absolute atomic E-state index is 12.0. The van der Waals surface area contributed by atoms with E-state index in [9.17, 15) is 4.79 Å². The molecule has 3 nitrogen and oxygen atoms in total. The van der Waals surface area contributed by atoms with Gasteiger partial charge < -0.3 is 10.6 Å². The Labute approximate surface area is 109 Å². The predicted octanol–water partition coefficient (Wildman–Crippen LogP) is 2.95. The second-order valence-corrected chi connectivity index (χ2v) is 5.18. The third-order valence-electron chi connectivity index (χ3n) is 3.64. The van der Waals surface area contributed by atoms with Gasteiger partial charge in [-0.3, -0.25) is 4.79 Å². The van der Waals surface area contributed by atoms with E-state index in [1.165, 1.54) is 0 Å². The van der Waals surface area contributed by atoms with Gasteiger partial charge in [-0.15, -0.1) is 0 Å². The summed E-state index contributed by atoms with van der Waals surface area (Å²) >= 11 is 0. The molecule has 0 spiro atoms. The largest absolute Gasteiger partial charge is 0.326 e. The van der Waals surface area contributed by atoms with Gasteiger partial charge in [-0.1, -0.05) is 32.0 Å². The van der Waals surface area contributed by atoms with Crippen molar-refractivity contribution in [3.05, 3.63) is 29.8 Å². The van der Waals surface area contributed by atoms with Crippen LogP contribution < -0.4 is 10.6 Å². The Morgan fingerprint density at radius 3 is 2.72 bits per heavy atom. The molecule has 1 saturated carbocycles. The predicted molar refractivity (Wildman–Crippen MR) is 74.4 cm³/mol. The summed E-state index contributed by atoms with van der Waals surface area (Å²) in [5.41, 5.74) is 2.09. The Balaban J connectivity index is 2.09. The van der Waals surface area contributed by atoms with Gasteiger partial charge >= 0.3 is 0 Å². The lowest BCUT2D eigenvalue weighted by Crippen LogP contribution is -2.21. The minimum absolute atomic E-state index is 0.165. The first kappa shape index (κ1) is 13.1. The van der Waals surface area contributed by atoms with Gasteiger partial charge in [-0.2, -0.15) is 0 Å². The highest BCUT2D eigenvalue weighted by molar-refractivity contribution is 5.95. The molecule has 1 amide bonds. The van der Waals surface area contributed by atoms with Crippen LogP contribution in [-0.2, 0) is 4.79 Å². The van der Waals surface area contributed by atoms with Crippen molar-refractivity contribution in [2.45, 2.75) is 33.2 Å². The zero-order valence-electron chi connectivity index (χ0n) is 11.4. The van der Waals surface area contributed by atoms with Crippen LogP contribution in [0.15, 0.2) is 24.3 Å². The van der Waals surface area contributed by atoms with Crippen LogP contribution in [0.25, 0.3) is 0 Å². The fourth-order valence-corrected chi connectivity index (χ4v) is 2.32. The Hall–Kier alpha value is -1.35. The molecule has 1 aliphatic carbocycles. The maximum Gasteiger partial charge on any atom is 0.227 e. The summed E-state index contributed by atoms with van der Waals surface area (Å²) in [5.74, 6) is 0.925. The number of nitrogens with one attached hydrogen (secondary N) is 2. The Morgan fingerprint density at radius 1 is 1.44 bits per heavy atom. The van der Waals surface area contributed by atoms with E-state index in [0.717, 1.165) is 24.2 Å². The Kier molecular flexibility index (Phi) is 4.02. The van der Waals surface area contributed by atoms with E-state index >= 15 is 0 Å². The van der Waals surface area contributed by atoms with Crippen molar-refractivity contribution in [1.82, 2.24) is 5.32 Å². The van der Waals surface area contributed by atoms with Crippen molar-refractivity contribution in [2.75, 3.05) is 11.9 Å². The molecular formula is C15H22N2O. The summed E-state index contributed by atoms with van der Waals surface area (Å²) in [6.45, 7) is 7.25. The van der Waals surface area contributed by atoms with Gasteiger partial charge in [0.2, 0.25) is 5.91 Å². The van der Waals surface area contributed by atoms with Gasteiger partial charge in [0.05, 0.1) is 0 Å². The van der Waals surface area contributed by atoms with Crippen LogP contribution in [0.3, 0.4) is 0 Å². The zero-order chi connectivity index (χ0) is 13.1. The molecule has 3 unspecified atom stereocenters. The lowest BCUT2D eigenvalue weighted by molar-refractivity contribution is -0.117. The minimum Gasteiger partial charge on any atom is -0.326 e. The van der Waals surface area contributed by atoms with Crippen LogP contribution in [0, 0.1) is 11.8 Å². The highest BCUT2D eigenvalue weighted by atomic mass is 16.2. The molecule has 18 heavy (non-hydrogen) atoms. The standard InChI is InChI=1S/C15H22N2O/c1-4-16-11(3)12-7-5-6-8-14(12)17-15(18)13-9-10(13)2/h5-8,10-11,13,16H,4,9H2,1-3H3,(H,17,18). The van der Waals surface area contributed by atoms with Gasteiger partial charge in [-0.25, -0.2) is 0 Å². The number of para-hydroxylation sites is 1. The van der Waals surface area contributed by atoms with Crippen molar-refractivity contribution in [2.24, 2.45) is 11.8 Å². The van der Waals surface area contributed by atoms with Gasteiger partial charge in [-0.05, 0) is 37.4 Å². The molecule has 3 atom stereocenters. The maximum atomic E-state index is 12.0. The van der Waals surface area contributed by atoms with Crippen molar-refractivity contribution in [3.63, 3.8) is 0 Å². The quantitative estimate of drug-likeness (QED) is 0.838. The molecule has 2 N–H and O–H groups in total. The third-order valence-corrected chi connectivity index (χ3v) is 3.64. The summed E-state index contributed by atoms with van der Waals surface area (Å²) in [5, 5.41) is 6.44. The van der Waals surface area contributed by atoms with Crippen molar-refractivity contribution in [1.29, 1.82) is 0 Å². The summed E-state index contributed by atoms with van der Waals surface area (Å²) in [6, 6.07) is 8.28. The van der Waals surface area contributed by atoms with E-state index in [0.29, 0.717) is 5.92 Å². The van der Waals surface area contributed by atoms with E-state index < -0.39 is 0 Å². The normalized spacial score (nSPS) is 23.5. The van der Waals surface area contributed by atoms with Gasteiger partial charge in [0.1, 0.15) is 0 Å². The van der Waals surface area contributed by atoms with Crippen LogP contribution in [-0.4, -0.2) is 12.5 Å². The van der Waals surface area contributed by atoms with Crippen LogP contribution >= 0.6 is 0 Å². The monoisotopic (exact) mass is 246 g/mol. The van der Waals surface area contributed by atoms with Crippen molar-refractivity contribution in [3.8, 4) is 0 Å². The van der Waals surface area contributed by atoms with Gasteiger partial charge in [0, 0.05) is 17.6 Å². The molecule has 0 aromatic heterocycles. The van der Waals surface area contributed by atoms with E-state index in [1.807, 2.05) is 18.2 Å². The van der Waals surface area contributed by atoms with Crippen molar-refractivity contribution >= 4 is 11.6 Å². The molecule has 1 aromatic carbocycles. The first-order chi connectivity index (χ1) is 8.63. The molecule has 0 bridgehead atoms. The fourth-order valence-electron chi connectivity index (χ4n) is 2.32. The number of carbonyl (C=O) groups excluding carboxylic acids is 1. The summed E-state index contributed by atoms with van der Waals surface area (Å²) in [7, 11) is 0. The number of hydrogen-bond acceptors (Lipinski definition) is 2. The number of hydrogen-bond donors (Lipinski definition) is 2. The fraction of sp³-hybridized carbons (Fsp3) is 0.533. The third kappa shape index (κ3) is 2.91. The summed E-state index contributed by atoms with van der Waals surface area (Å²) in [6.07, 6.45) is 1.02. The van der Waals surface area contributed by atoms with E-state index in [-0.39, 0.29) is 17.9 Å². The van der Waals surface area contributed by atoms with Gasteiger partial charge in [0.15, 0.2) is 0 Å². The molecule has 1 aliphatic rings.